The summed E-state index contributed by atoms with van der Waals surface area (Å²) in [6.07, 6.45) is 9.48. The van der Waals surface area contributed by atoms with Crippen LogP contribution in [0.1, 0.15) is 23.3 Å². The van der Waals surface area contributed by atoms with E-state index in [1.807, 2.05) is 0 Å². The first-order valence-corrected chi connectivity index (χ1v) is 6.22. The SMILES string of the molecule is C#CC(OC(C#C)c1ccc(F)cc1)c1ccc(F)cc1. The fraction of sp³-hybridized carbons (Fsp3) is 0.111. The maximum absolute atomic E-state index is 12.9. The molecular weight excluding hydrogens is 270 g/mol. The molecule has 2 atom stereocenters. The Hall–Kier alpha value is -2.62. The van der Waals surface area contributed by atoms with Crippen LogP contribution in [-0.2, 0) is 4.74 Å². The summed E-state index contributed by atoms with van der Waals surface area (Å²) in [6, 6.07) is 11.3. The molecule has 0 radical (unpaired) electrons. The highest BCUT2D eigenvalue weighted by Crippen LogP contribution is 2.26. The van der Waals surface area contributed by atoms with Gasteiger partial charge in [-0.25, -0.2) is 8.78 Å². The van der Waals surface area contributed by atoms with Gasteiger partial charge in [0.1, 0.15) is 23.8 Å². The van der Waals surface area contributed by atoms with E-state index < -0.39 is 12.2 Å². The van der Waals surface area contributed by atoms with E-state index in [0.717, 1.165) is 0 Å². The predicted molar refractivity (Wildman–Crippen MR) is 77.0 cm³/mol. The van der Waals surface area contributed by atoms with Crippen LogP contribution in [0, 0.1) is 36.3 Å². The van der Waals surface area contributed by atoms with Crippen molar-refractivity contribution in [3.8, 4) is 24.7 Å². The lowest BCUT2D eigenvalue weighted by Gasteiger charge is -2.18. The zero-order chi connectivity index (χ0) is 15.2. The summed E-state index contributed by atoms with van der Waals surface area (Å²) >= 11 is 0. The maximum atomic E-state index is 12.9. The molecular formula is C18H12F2O. The van der Waals surface area contributed by atoms with E-state index in [-0.39, 0.29) is 11.6 Å². The Morgan fingerprint density at radius 1 is 0.714 bits per heavy atom. The molecule has 3 heteroatoms. The van der Waals surface area contributed by atoms with Crippen molar-refractivity contribution >= 4 is 0 Å². The number of rotatable bonds is 4. The number of hydrogen-bond donors (Lipinski definition) is 0. The monoisotopic (exact) mass is 282 g/mol. The van der Waals surface area contributed by atoms with Crippen molar-refractivity contribution in [3.05, 3.63) is 71.3 Å². The predicted octanol–water partition coefficient (Wildman–Crippen LogP) is 4.03. The molecule has 0 aliphatic heterocycles. The molecule has 2 aromatic rings. The van der Waals surface area contributed by atoms with E-state index in [1.165, 1.54) is 48.5 Å². The molecule has 1 nitrogen and oxygen atoms in total. The Bertz CT molecular complexity index is 614. The number of terminal acetylenes is 2. The lowest BCUT2D eigenvalue weighted by molar-refractivity contribution is 0.0515. The zero-order valence-corrected chi connectivity index (χ0v) is 11.1. The van der Waals surface area contributed by atoms with Gasteiger partial charge in [-0.3, -0.25) is 0 Å². The molecule has 2 rings (SSSR count). The highest BCUT2D eigenvalue weighted by atomic mass is 19.1. The Balaban J connectivity index is 2.20. The van der Waals surface area contributed by atoms with Crippen LogP contribution in [0.3, 0.4) is 0 Å². The molecule has 2 aromatic carbocycles. The van der Waals surface area contributed by atoms with Crippen LogP contribution in [0.5, 0.6) is 0 Å². The van der Waals surface area contributed by atoms with Gasteiger partial charge in [0.2, 0.25) is 0 Å². The third-order valence-corrected chi connectivity index (χ3v) is 2.92. The van der Waals surface area contributed by atoms with Crippen molar-refractivity contribution < 1.29 is 13.5 Å². The summed E-state index contributed by atoms with van der Waals surface area (Å²) in [4.78, 5) is 0. The molecule has 0 N–H and O–H groups in total. The number of halogens is 2. The molecule has 0 bridgehead atoms. The molecule has 0 aliphatic rings. The van der Waals surface area contributed by atoms with Gasteiger partial charge in [-0.05, 0) is 35.4 Å². The number of hydrogen-bond acceptors (Lipinski definition) is 1. The lowest BCUT2D eigenvalue weighted by atomic mass is 10.1. The summed E-state index contributed by atoms with van der Waals surface area (Å²) in [7, 11) is 0. The first kappa shape index (κ1) is 14.8. The molecule has 0 saturated carbocycles. The van der Waals surface area contributed by atoms with Crippen molar-refractivity contribution in [1.82, 2.24) is 0 Å². The van der Waals surface area contributed by atoms with Gasteiger partial charge in [0.05, 0.1) is 0 Å². The maximum Gasteiger partial charge on any atom is 0.145 e. The van der Waals surface area contributed by atoms with Crippen molar-refractivity contribution in [2.45, 2.75) is 12.2 Å². The van der Waals surface area contributed by atoms with Crippen LogP contribution in [0.2, 0.25) is 0 Å². The van der Waals surface area contributed by atoms with Crippen LogP contribution in [0.15, 0.2) is 48.5 Å². The lowest BCUT2D eigenvalue weighted by Crippen LogP contribution is -2.08. The number of benzene rings is 2. The Morgan fingerprint density at radius 3 is 1.33 bits per heavy atom. The molecule has 0 heterocycles. The molecule has 21 heavy (non-hydrogen) atoms. The van der Waals surface area contributed by atoms with E-state index >= 15 is 0 Å². The van der Waals surface area contributed by atoms with Crippen molar-refractivity contribution in [1.29, 1.82) is 0 Å². The van der Waals surface area contributed by atoms with Gasteiger partial charge in [-0.1, -0.05) is 36.1 Å². The minimum absolute atomic E-state index is 0.360. The van der Waals surface area contributed by atoms with E-state index in [9.17, 15) is 8.78 Å². The fourth-order valence-corrected chi connectivity index (χ4v) is 1.84. The summed E-state index contributed by atoms with van der Waals surface area (Å²) in [6.45, 7) is 0. The Labute approximate surface area is 122 Å². The largest absolute Gasteiger partial charge is 0.340 e. The van der Waals surface area contributed by atoms with Crippen molar-refractivity contribution in [2.75, 3.05) is 0 Å². The van der Waals surface area contributed by atoms with Gasteiger partial charge in [-0.15, -0.1) is 12.8 Å². The van der Waals surface area contributed by atoms with E-state index in [1.54, 1.807) is 0 Å². The molecule has 0 fully saturated rings. The first-order chi connectivity index (χ1) is 10.1. The molecule has 0 amide bonds. The number of ether oxygens (including phenoxy) is 1. The highest BCUT2D eigenvalue weighted by molar-refractivity contribution is 5.28. The van der Waals surface area contributed by atoms with Crippen LogP contribution in [0.4, 0.5) is 8.78 Å². The van der Waals surface area contributed by atoms with Crippen LogP contribution >= 0.6 is 0 Å². The molecule has 0 spiro atoms. The minimum atomic E-state index is -0.711. The smallest absolute Gasteiger partial charge is 0.145 e. The average molecular weight is 282 g/mol. The van der Waals surface area contributed by atoms with Gasteiger partial charge in [0.15, 0.2) is 0 Å². The van der Waals surface area contributed by atoms with Gasteiger partial charge >= 0.3 is 0 Å². The van der Waals surface area contributed by atoms with Crippen LogP contribution < -0.4 is 0 Å². The second kappa shape index (κ2) is 6.70. The summed E-state index contributed by atoms with van der Waals surface area (Å²) in [5.41, 5.74) is 1.25. The third-order valence-electron chi connectivity index (χ3n) is 2.92. The summed E-state index contributed by atoms with van der Waals surface area (Å²) in [5, 5.41) is 0. The fourth-order valence-electron chi connectivity index (χ4n) is 1.84. The standard InChI is InChI=1S/C18H12F2O/c1-3-17(13-5-9-15(19)10-6-13)21-18(4-2)14-7-11-16(20)12-8-14/h1-2,5-12,17-18H. The second-order valence-electron chi connectivity index (χ2n) is 4.33. The topological polar surface area (TPSA) is 9.23 Å². The normalized spacial score (nSPS) is 13.0. The molecule has 0 saturated heterocycles. The van der Waals surface area contributed by atoms with Gasteiger partial charge in [0, 0.05) is 0 Å². The van der Waals surface area contributed by atoms with E-state index in [0.29, 0.717) is 11.1 Å². The Kier molecular flexibility index (Phi) is 4.72. The summed E-state index contributed by atoms with van der Waals surface area (Å²) in [5.74, 6) is 4.22. The molecule has 0 aromatic heterocycles. The summed E-state index contributed by atoms with van der Waals surface area (Å²) < 4.78 is 31.5. The second-order valence-corrected chi connectivity index (χ2v) is 4.33. The van der Waals surface area contributed by atoms with Gasteiger partial charge in [0.25, 0.3) is 0 Å². The first-order valence-electron chi connectivity index (χ1n) is 6.22. The molecule has 104 valence electrons. The Morgan fingerprint density at radius 2 is 1.05 bits per heavy atom. The van der Waals surface area contributed by atoms with Crippen LogP contribution in [-0.4, -0.2) is 0 Å². The molecule has 2 unspecified atom stereocenters. The van der Waals surface area contributed by atoms with Gasteiger partial charge < -0.3 is 4.74 Å². The van der Waals surface area contributed by atoms with Crippen molar-refractivity contribution in [2.24, 2.45) is 0 Å². The van der Waals surface area contributed by atoms with Crippen molar-refractivity contribution in [3.63, 3.8) is 0 Å². The zero-order valence-electron chi connectivity index (χ0n) is 11.1. The average Bonchev–Trinajstić information content (AvgIpc) is 2.51. The minimum Gasteiger partial charge on any atom is -0.340 e. The van der Waals surface area contributed by atoms with Crippen LogP contribution in [0.25, 0.3) is 0 Å². The third kappa shape index (κ3) is 3.69. The quantitative estimate of drug-likeness (QED) is 0.769. The van der Waals surface area contributed by atoms with E-state index in [2.05, 4.69) is 11.8 Å². The van der Waals surface area contributed by atoms with Gasteiger partial charge in [-0.2, -0.15) is 0 Å². The van der Waals surface area contributed by atoms with E-state index in [4.69, 9.17) is 17.6 Å². The highest BCUT2D eigenvalue weighted by Gasteiger charge is 2.16. The molecule has 0 aliphatic carbocycles.